The van der Waals surface area contributed by atoms with E-state index in [4.69, 9.17) is 23.4 Å². The quantitative estimate of drug-likeness (QED) is 0.263. The van der Waals surface area contributed by atoms with Crippen LogP contribution in [0.2, 0.25) is 0 Å². The van der Waals surface area contributed by atoms with E-state index in [1.165, 1.54) is 7.11 Å². The van der Waals surface area contributed by atoms with Crippen LogP contribution in [0.1, 0.15) is 42.6 Å². The Morgan fingerprint density at radius 3 is 2.51 bits per heavy atom. The van der Waals surface area contributed by atoms with Gasteiger partial charge < -0.3 is 33.8 Å². The number of nitrogens with one attached hydrogen (secondary N) is 1. The van der Waals surface area contributed by atoms with Crippen LogP contribution in [-0.4, -0.2) is 43.2 Å². The highest BCUT2D eigenvalue weighted by Crippen LogP contribution is 2.35. The number of carbonyl (C=O) groups is 1. The maximum absolute atomic E-state index is 13.2. The van der Waals surface area contributed by atoms with E-state index >= 15 is 0 Å². The van der Waals surface area contributed by atoms with E-state index in [-0.39, 0.29) is 17.5 Å². The number of amides is 1. The molecule has 4 aromatic rings. The SMILES string of the molecule is COc1ccc(C(=O)Nc2cc3ccc(OC4CCC(OC)C(C)(C)O4)c(C)c3oc2=O)cc1-c1cccc(O)c1. The molecule has 2 atom stereocenters. The van der Waals surface area contributed by atoms with Crippen LogP contribution in [0.5, 0.6) is 17.2 Å². The van der Waals surface area contributed by atoms with Crippen molar-refractivity contribution in [2.24, 2.45) is 0 Å². The Hall–Kier alpha value is -4.34. The zero-order chi connectivity index (χ0) is 29.3. The minimum atomic E-state index is -0.689. The predicted molar refractivity (Wildman–Crippen MR) is 155 cm³/mol. The van der Waals surface area contributed by atoms with Crippen molar-refractivity contribution in [3.8, 4) is 28.4 Å². The Morgan fingerprint density at radius 1 is 1.02 bits per heavy atom. The lowest BCUT2D eigenvalue weighted by Gasteiger charge is -2.41. The third kappa shape index (κ3) is 5.77. The molecule has 5 rings (SSSR count). The molecule has 3 aromatic carbocycles. The Balaban J connectivity index is 1.38. The number of ether oxygens (including phenoxy) is 4. The second kappa shape index (κ2) is 11.3. The van der Waals surface area contributed by atoms with E-state index < -0.39 is 23.4 Å². The molecule has 2 unspecified atom stereocenters. The molecule has 0 aliphatic carbocycles. The van der Waals surface area contributed by atoms with Gasteiger partial charge in [-0.2, -0.15) is 0 Å². The Labute approximate surface area is 237 Å². The number of methoxy groups -OCH3 is 2. The van der Waals surface area contributed by atoms with Crippen LogP contribution in [0, 0.1) is 6.92 Å². The monoisotopic (exact) mass is 559 g/mol. The molecule has 41 heavy (non-hydrogen) atoms. The second-order valence-corrected chi connectivity index (χ2v) is 10.5. The van der Waals surface area contributed by atoms with Gasteiger partial charge in [0.1, 0.15) is 28.5 Å². The molecule has 0 saturated carbocycles. The van der Waals surface area contributed by atoms with Gasteiger partial charge in [-0.3, -0.25) is 4.79 Å². The number of phenolic OH excluding ortho intramolecular Hbond substituents is 1. The van der Waals surface area contributed by atoms with Gasteiger partial charge in [0.2, 0.25) is 6.29 Å². The molecule has 1 saturated heterocycles. The average molecular weight is 560 g/mol. The lowest BCUT2D eigenvalue weighted by atomic mass is 9.94. The number of hydrogen-bond acceptors (Lipinski definition) is 8. The Morgan fingerprint density at radius 2 is 1.80 bits per heavy atom. The number of carbonyl (C=O) groups excluding carboxylic acids is 1. The van der Waals surface area contributed by atoms with Crippen LogP contribution in [0.25, 0.3) is 22.1 Å². The Bertz CT molecular complexity index is 1660. The number of hydrogen-bond donors (Lipinski definition) is 2. The highest BCUT2D eigenvalue weighted by Gasteiger charge is 2.39. The van der Waals surface area contributed by atoms with Crippen LogP contribution in [-0.2, 0) is 9.47 Å². The lowest BCUT2D eigenvalue weighted by molar-refractivity contribution is -0.233. The normalized spacial score (nSPS) is 18.2. The van der Waals surface area contributed by atoms with Crippen molar-refractivity contribution < 1.29 is 33.3 Å². The first kappa shape index (κ1) is 28.2. The molecule has 1 amide bonds. The summed E-state index contributed by atoms with van der Waals surface area (Å²) in [4.78, 5) is 26.1. The van der Waals surface area contributed by atoms with Crippen LogP contribution in [0.15, 0.2) is 69.9 Å². The summed E-state index contributed by atoms with van der Waals surface area (Å²) in [7, 11) is 3.20. The number of anilines is 1. The summed E-state index contributed by atoms with van der Waals surface area (Å²) < 4.78 is 28.9. The van der Waals surface area contributed by atoms with Crippen molar-refractivity contribution in [3.63, 3.8) is 0 Å². The van der Waals surface area contributed by atoms with Gasteiger partial charge in [0.05, 0.1) is 18.8 Å². The van der Waals surface area contributed by atoms with E-state index in [9.17, 15) is 14.7 Å². The molecular weight excluding hydrogens is 526 g/mol. The van der Waals surface area contributed by atoms with Gasteiger partial charge >= 0.3 is 5.63 Å². The van der Waals surface area contributed by atoms with Crippen molar-refractivity contribution in [3.05, 3.63) is 82.2 Å². The summed E-state index contributed by atoms with van der Waals surface area (Å²) in [5.74, 6) is 0.675. The van der Waals surface area contributed by atoms with Crippen LogP contribution in [0.4, 0.5) is 5.69 Å². The Kier molecular flexibility index (Phi) is 7.75. The predicted octanol–water partition coefficient (Wildman–Crippen LogP) is 6.04. The largest absolute Gasteiger partial charge is 0.508 e. The van der Waals surface area contributed by atoms with Gasteiger partial charge in [0.25, 0.3) is 5.91 Å². The van der Waals surface area contributed by atoms with Gasteiger partial charge in [-0.15, -0.1) is 0 Å². The highest BCUT2D eigenvalue weighted by molar-refractivity contribution is 6.05. The first-order valence-electron chi connectivity index (χ1n) is 13.3. The third-order valence-corrected chi connectivity index (χ3v) is 7.39. The minimum absolute atomic E-state index is 0.00765. The smallest absolute Gasteiger partial charge is 0.360 e. The van der Waals surface area contributed by atoms with E-state index in [2.05, 4.69) is 5.32 Å². The fourth-order valence-electron chi connectivity index (χ4n) is 5.20. The van der Waals surface area contributed by atoms with E-state index in [1.807, 2.05) is 20.8 Å². The van der Waals surface area contributed by atoms with E-state index in [0.717, 1.165) is 6.42 Å². The molecule has 1 fully saturated rings. The molecule has 2 N–H and O–H groups in total. The molecule has 1 aliphatic rings. The maximum Gasteiger partial charge on any atom is 0.360 e. The van der Waals surface area contributed by atoms with Crippen molar-refractivity contribution in [1.82, 2.24) is 0 Å². The molecule has 1 aromatic heterocycles. The summed E-state index contributed by atoms with van der Waals surface area (Å²) in [6, 6.07) is 16.7. The molecule has 214 valence electrons. The summed E-state index contributed by atoms with van der Waals surface area (Å²) in [5, 5.41) is 13.2. The number of aryl methyl sites for hydroxylation is 1. The number of phenols is 1. The van der Waals surface area contributed by atoms with Gasteiger partial charge in [-0.05, 0) is 81.3 Å². The fraction of sp³-hybridized carbons (Fsp3) is 0.312. The minimum Gasteiger partial charge on any atom is -0.508 e. The van der Waals surface area contributed by atoms with Crippen LogP contribution < -0.4 is 20.4 Å². The van der Waals surface area contributed by atoms with Gasteiger partial charge in [0, 0.05) is 35.6 Å². The highest BCUT2D eigenvalue weighted by atomic mass is 16.7. The standard InChI is InChI=1S/C32H33NO8/c1-18-25(39-28-14-13-27(38-5)32(2,3)41-28)11-9-20-17-24(31(36)40-29(18)20)33-30(35)21-10-12-26(37-4)23(16-21)19-7-6-8-22(34)15-19/h6-12,15-17,27-28,34H,13-14H2,1-5H3,(H,33,35). The summed E-state index contributed by atoms with van der Waals surface area (Å²) in [6.45, 7) is 5.75. The van der Waals surface area contributed by atoms with Gasteiger partial charge in [0.15, 0.2) is 0 Å². The van der Waals surface area contributed by atoms with Crippen molar-refractivity contribution >= 4 is 22.6 Å². The summed E-state index contributed by atoms with van der Waals surface area (Å²) in [5.41, 5.74) is 1.43. The third-order valence-electron chi connectivity index (χ3n) is 7.39. The molecule has 9 heteroatoms. The number of benzene rings is 3. The van der Waals surface area contributed by atoms with Crippen molar-refractivity contribution in [2.75, 3.05) is 19.5 Å². The van der Waals surface area contributed by atoms with Gasteiger partial charge in [-0.25, -0.2) is 4.79 Å². The molecule has 9 nitrogen and oxygen atoms in total. The molecule has 2 heterocycles. The maximum atomic E-state index is 13.2. The van der Waals surface area contributed by atoms with Crippen molar-refractivity contribution in [2.45, 2.75) is 51.6 Å². The molecule has 0 bridgehead atoms. The zero-order valence-electron chi connectivity index (χ0n) is 23.6. The second-order valence-electron chi connectivity index (χ2n) is 10.5. The summed E-state index contributed by atoms with van der Waals surface area (Å²) >= 11 is 0. The summed E-state index contributed by atoms with van der Waals surface area (Å²) in [6.07, 6.45) is 0.963. The average Bonchev–Trinajstić information content (AvgIpc) is 2.94. The zero-order valence-corrected chi connectivity index (χ0v) is 23.6. The first-order chi connectivity index (χ1) is 19.6. The molecular formula is C32H33NO8. The topological polar surface area (TPSA) is 116 Å². The van der Waals surface area contributed by atoms with Crippen LogP contribution in [0.3, 0.4) is 0 Å². The van der Waals surface area contributed by atoms with Crippen molar-refractivity contribution in [1.29, 1.82) is 0 Å². The fourth-order valence-corrected chi connectivity index (χ4v) is 5.20. The molecule has 0 spiro atoms. The van der Waals surface area contributed by atoms with Crippen LogP contribution >= 0.6 is 0 Å². The number of rotatable bonds is 7. The van der Waals surface area contributed by atoms with E-state index in [0.29, 0.717) is 51.1 Å². The first-order valence-corrected chi connectivity index (χ1v) is 13.3. The number of aromatic hydroxyl groups is 1. The lowest BCUT2D eigenvalue weighted by Crippen LogP contribution is -2.49. The van der Waals surface area contributed by atoms with Gasteiger partial charge in [-0.1, -0.05) is 12.1 Å². The van der Waals surface area contributed by atoms with E-state index in [1.54, 1.807) is 67.8 Å². The molecule has 0 radical (unpaired) electrons. The number of fused-ring (bicyclic) bond motifs is 1. The molecule has 1 aliphatic heterocycles.